The van der Waals surface area contributed by atoms with Gasteiger partial charge in [0.25, 0.3) is 0 Å². The van der Waals surface area contributed by atoms with Crippen LogP contribution in [0.3, 0.4) is 0 Å². The lowest BCUT2D eigenvalue weighted by atomic mass is 9.43. The van der Waals surface area contributed by atoms with Gasteiger partial charge in [-0.3, -0.25) is 9.80 Å². The van der Waals surface area contributed by atoms with Crippen LogP contribution >= 0.6 is 0 Å². The molecule has 2 heterocycles. The number of hydrogen-bond donors (Lipinski definition) is 1. The number of nitrogens with zero attached hydrogens (tertiary/aromatic N) is 2. The number of likely N-dealkylation sites (tertiary alicyclic amines) is 2. The zero-order valence-electron chi connectivity index (χ0n) is 20.4. The first kappa shape index (κ1) is 20.2. The van der Waals surface area contributed by atoms with Gasteiger partial charge < -0.3 is 5.11 Å². The van der Waals surface area contributed by atoms with E-state index >= 15 is 0 Å². The maximum Gasteiger partial charge on any atom is 0.115 e. The molecular formula is C30H42N2O. The summed E-state index contributed by atoms with van der Waals surface area (Å²) in [6.45, 7) is 5.42. The second-order valence-electron chi connectivity index (χ2n) is 13.4. The Labute approximate surface area is 199 Å². The molecule has 1 aromatic carbocycles. The smallest absolute Gasteiger partial charge is 0.115 e. The van der Waals surface area contributed by atoms with Gasteiger partial charge in [0.1, 0.15) is 5.75 Å². The molecule has 4 saturated carbocycles. The highest BCUT2D eigenvalue weighted by Gasteiger charge is 2.75. The predicted octanol–water partition coefficient (Wildman–Crippen LogP) is 5.35. The molecule has 6 fully saturated rings. The van der Waals surface area contributed by atoms with Gasteiger partial charge in [-0.25, -0.2) is 0 Å². The summed E-state index contributed by atoms with van der Waals surface area (Å²) in [6, 6.07) is 8.08. The Bertz CT molecular complexity index is 951. The van der Waals surface area contributed by atoms with Gasteiger partial charge in [-0.15, -0.1) is 0 Å². The minimum absolute atomic E-state index is 0.332. The van der Waals surface area contributed by atoms with Gasteiger partial charge in [-0.1, -0.05) is 25.3 Å². The van der Waals surface area contributed by atoms with Crippen LogP contribution in [0.1, 0.15) is 81.8 Å². The normalized spacial score (nSPS) is 44.6. The van der Waals surface area contributed by atoms with Gasteiger partial charge in [-0.05, 0) is 117 Å². The minimum atomic E-state index is 0.332. The third-order valence-corrected chi connectivity index (χ3v) is 12.1. The first-order valence-electron chi connectivity index (χ1n) is 14.5. The molecular weight excluding hydrogens is 404 g/mol. The lowest BCUT2D eigenvalue weighted by molar-refractivity contribution is -0.106. The molecule has 0 radical (unpaired) electrons. The average molecular weight is 447 g/mol. The average Bonchev–Trinajstić information content (AvgIpc) is 3.53. The molecule has 3 nitrogen and oxygen atoms in total. The summed E-state index contributed by atoms with van der Waals surface area (Å²) < 4.78 is 0. The molecule has 0 spiro atoms. The Kier molecular flexibility index (Phi) is 4.28. The fourth-order valence-corrected chi connectivity index (χ4v) is 11.0. The van der Waals surface area contributed by atoms with Crippen LogP contribution < -0.4 is 0 Å². The van der Waals surface area contributed by atoms with Crippen LogP contribution in [0.15, 0.2) is 18.2 Å². The molecule has 33 heavy (non-hydrogen) atoms. The maximum atomic E-state index is 10.6. The molecule has 7 aliphatic rings. The SMILES string of the molecule is Oc1ccc2c(c1)[C@]13CCN(CC4CC4)[C@H](C2)[C@]12CCC1C3[C@@H](CN1CC1CCCCC1)C2. The monoisotopic (exact) mass is 446 g/mol. The summed E-state index contributed by atoms with van der Waals surface area (Å²) in [5, 5.41) is 10.6. The molecule has 3 heteroatoms. The lowest BCUT2D eigenvalue weighted by Crippen LogP contribution is -2.69. The first-order valence-corrected chi connectivity index (χ1v) is 14.5. The van der Waals surface area contributed by atoms with Crippen LogP contribution in [0.2, 0.25) is 0 Å². The van der Waals surface area contributed by atoms with Crippen LogP contribution in [0.25, 0.3) is 0 Å². The lowest BCUT2D eigenvalue weighted by Gasteiger charge is -2.66. The van der Waals surface area contributed by atoms with Crippen molar-refractivity contribution in [2.24, 2.45) is 29.1 Å². The van der Waals surface area contributed by atoms with E-state index in [0.717, 1.165) is 35.8 Å². The molecule has 0 aromatic heterocycles. The maximum absolute atomic E-state index is 10.6. The van der Waals surface area contributed by atoms with E-state index < -0.39 is 0 Å². The number of phenolic OH excluding ortho intramolecular Hbond substituents is 1. The van der Waals surface area contributed by atoms with Gasteiger partial charge in [-0.2, -0.15) is 0 Å². The molecule has 2 aliphatic heterocycles. The number of fused-ring (bicyclic) bond motifs is 1. The van der Waals surface area contributed by atoms with Crippen LogP contribution in [0.4, 0.5) is 0 Å². The molecule has 6 atom stereocenters. The molecule has 5 aliphatic carbocycles. The zero-order valence-corrected chi connectivity index (χ0v) is 20.4. The van der Waals surface area contributed by atoms with Crippen molar-refractivity contribution in [3.05, 3.63) is 29.3 Å². The highest BCUT2D eigenvalue weighted by atomic mass is 16.3. The second kappa shape index (κ2) is 7.00. The van der Waals surface area contributed by atoms with E-state index in [-0.39, 0.29) is 0 Å². The van der Waals surface area contributed by atoms with Crippen molar-refractivity contribution in [3.8, 4) is 5.75 Å². The van der Waals surface area contributed by atoms with Gasteiger partial charge in [0, 0.05) is 37.1 Å². The topological polar surface area (TPSA) is 26.7 Å². The van der Waals surface area contributed by atoms with Crippen molar-refractivity contribution >= 4 is 0 Å². The number of rotatable bonds is 4. The Morgan fingerprint density at radius 3 is 2.58 bits per heavy atom. The van der Waals surface area contributed by atoms with Crippen molar-refractivity contribution in [2.45, 2.75) is 94.5 Å². The summed E-state index contributed by atoms with van der Waals surface area (Å²) in [4.78, 5) is 5.98. The molecule has 1 N–H and O–H groups in total. The molecule has 2 saturated heterocycles. The Morgan fingerprint density at radius 2 is 1.73 bits per heavy atom. The molecule has 4 bridgehead atoms. The summed E-state index contributed by atoms with van der Waals surface area (Å²) in [5.74, 6) is 4.17. The standard InChI is InChI=1S/C30H42N2O/c33-24-9-8-22-14-27-29-11-10-26-28(23(16-29)19-32(26)18-20-4-2-1-3-5-20)30(29,25(22)15-24)12-13-31(27)17-21-6-7-21/h8-9,15,20-21,23,26-28,33H,1-7,10-14,16-19H2/t23-,26?,27-,28?,29-,30+/m1/s1. The summed E-state index contributed by atoms with van der Waals surface area (Å²) in [6.07, 6.45) is 17.2. The summed E-state index contributed by atoms with van der Waals surface area (Å²) in [5.41, 5.74) is 3.99. The Balaban J connectivity index is 1.20. The van der Waals surface area contributed by atoms with Crippen LogP contribution in [-0.4, -0.2) is 53.2 Å². The molecule has 178 valence electrons. The quantitative estimate of drug-likeness (QED) is 0.675. The number of piperidine rings is 1. The second-order valence-corrected chi connectivity index (χ2v) is 13.4. The summed E-state index contributed by atoms with van der Waals surface area (Å²) >= 11 is 0. The predicted molar refractivity (Wildman–Crippen MR) is 131 cm³/mol. The van der Waals surface area contributed by atoms with Crippen molar-refractivity contribution in [1.29, 1.82) is 0 Å². The van der Waals surface area contributed by atoms with E-state index in [9.17, 15) is 5.11 Å². The first-order chi connectivity index (χ1) is 16.2. The summed E-state index contributed by atoms with van der Waals surface area (Å²) in [7, 11) is 0. The molecule has 0 amide bonds. The van der Waals surface area contributed by atoms with Crippen LogP contribution in [-0.2, 0) is 11.8 Å². The fraction of sp³-hybridized carbons (Fsp3) is 0.800. The number of phenols is 1. The van der Waals surface area contributed by atoms with E-state index in [0.29, 0.717) is 16.6 Å². The van der Waals surface area contributed by atoms with Gasteiger partial charge in [0.15, 0.2) is 0 Å². The van der Waals surface area contributed by atoms with E-state index in [1.165, 1.54) is 103 Å². The van der Waals surface area contributed by atoms with Crippen molar-refractivity contribution in [2.75, 3.05) is 26.2 Å². The van der Waals surface area contributed by atoms with Crippen molar-refractivity contribution in [1.82, 2.24) is 9.80 Å². The van der Waals surface area contributed by atoms with E-state index in [1.54, 1.807) is 11.1 Å². The number of hydrogen-bond acceptors (Lipinski definition) is 3. The highest BCUT2D eigenvalue weighted by molar-refractivity contribution is 5.50. The van der Waals surface area contributed by atoms with Gasteiger partial charge in [0.05, 0.1) is 0 Å². The Morgan fingerprint density at radius 1 is 0.909 bits per heavy atom. The zero-order chi connectivity index (χ0) is 21.8. The van der Waals surface area contributed by atoms with Crippen LogP contribution in [0, 0.1) is 29.1 Å². The van der Waals surface area contributed by atoms with E-state index in [1.807, 2.05) is 6.07 Å². The largest absolute Gasteiger partial charge is 0.508 e. The third-order valence-electron chi connectivity index (χ3n) is 12.1. The van der Waals surface area contributed by atoms with Gasteiger partial charge in [0.2, 0.25) is 0 Å². The fourth-order valence-electron chi connectivity index (χ4n) is 11.0. The van der Waals surface area contributed by atoms with Gasteiger partial charge >= 0.3 is 0 Å². The molecule has 8 rings (SSSR count). The van der Waals surface area contributed by atoms with E-state index in [2.05, 4.69) is 21.9 Å². The Hall–Kier alpha value is -1.06. The minimum Gasteiger partial charge on any atom is -0.508 e. The highest BCUT2D eigenvalue weighted by Crippen LogP contribution is 2.75. The van der Waals surface area contributed by atoms with E-state index in [4.69, 9.17) is 0 Å². The van der Waals surface area contributed by atoms with Crippen molar-refractivity contribution in [3.63, 3.8) is 0 Å². The third kappa shape index (κ3) is 2.65. The number of benzene rings is 1. The number of aromatic hydroxyl groups is 1. The molecule has 1 aromatic rings. The molecule has 2 unspecified atom stereocenters. The van der Waals surface area contributed by atoms with Crippen molar-refractivity contribution < 1.29 is 5.11 Å². The van der Waals surface area contributed by atoms with Crippen LogP contribution in [0.5, 0.6) is 5.75 Å².